The first-order chi connectivity index (χ1) is 13.3. The number of nitrogens with zero attached hydrogens (tertiary/aromatic N) is 1. The van der Waals surface area contributed by atoms with Gasteiger partial charge in [0.2, 0.25) is 0 Å². The quantitative estimate of drug-likeness (QED) is 0.648. The molecule has 1 fully saturated rings. The summed E-state index contributed by atoms with van der Waals surface area (Å²) >= 11 is 0. The average molecular weight is 367 g/mol. The summed E-state index contributed by atoms with van der Waals surface area (Å²) in [5, 5.41) is 10.1. The van der Waals surface area contributed by atoms with E-state index in [4.69, 9.17) is 4.74 Å². The summed E-state index contributed by atoms with van der Waals surface area (Å²) in [6, 6.07) is 0. The Bertz CT molecular complexity index is 731. The summed E-state index contributed by atoms with van der Waals surface area (Å²) in [7, 11) is 0. The summed E-state index contributed by atoms with van der Waals surface area (Å²) in [5.74, 6) is 0.942. The highest BCUT2D eigenvalue weighted by atomic mass is 16.5. The van der Waals surface area contributed by atoms with Gasteiger partial charge in [-0.15, -0.1) is 0 Å². The van der Waals surface area contributed by atoms with Crippen molar-refractivity contribution in [2.75, 3.05) is 26.2 Å². The summed E-state index contributed by atoms with van der Waals surface area (Å²) in [4.78, 5) is 4.57. The number of rotatable bonds is 7. The third-order valence-electron chi connectivity index (χ3n) is 4.59. The molecule has 0 amide bonds. The zero-order chi connectivity index (χ0) is 18.9. The first-order valence-corrected chi connectivity index (χ1v) is 9.83. The van der Waals surface area contributed by atoms with E-state index in [1.54, 1.807) is 0 Å². The zero-order valence-corrected chi connectivity index (χ0v) is 16.3. The normalized spacial score (nSPS) is 25.4. The predicted molar refractivity (Wildman–Crippen MR) is 112 cm³/mol. The lowest BCUT2D eigenvalue weighted by Crippen LogP contribution is -2.28. The van der Waals surface area contributed by atoms with Crippen LogP contribution in [0.4, 0.5) is 0 Å². The molecule has 27 heavy (non-hydrogen) atoms. The van der Waals surface area contributed by atoms with Crippen LogP contribution in [0.1, 0.15) is 26.7 Å². The largest absolute Gasteiger partial charge is 0.487 e. The van der Waals surface area contributed by atoms with Gasteiger partial charge in [-0.05, 0) is 49.6 Å². The Morgan fingerprint density at radius 1 is 1.37 bits per heavy atom. The maximum Gasteiger partial charge on any atom is 0.142 e. The lowest BCUT2D eigenvalue weighted by atomic mass is 9.99. The Morgan fingerprint density at radius 2 is 2.30 bits per heavy atom. The molecule has 0 aromatic heterocycles. The van der Waals surface area contributed by atoms with Crippen LogP contribution in [0.5, 0.6) is 0 Å². The van der Waals surface area contributed by atoms with Crippen molar-refractivity contribution in [2.45, 2.75) is 32.8 Å². The Hall–Kier alpha value is -2.53. The molecule has 2 heterocycles. The Kier molecular flexibility index (Phi) is 7.11. The van der Waals surface area contributed by atoms with Crippen LogP contribution in [-0.4, -0.2) is 38.0 Å². The van der Waals surface area contributed by atoms with Gasteiger partial charge in [0.1, 0.15) is 11.9 Å². The molecule has 3 rings (SSSR count). The second-order valence-corrected chi connectivity index (χ2v) is 6.74. The standard InChI is InChI=1S/C22H30N4O/c1-3-5-18-7-6-17(13-20(18)25-10-4-2)14-26-21-16-24-12-9-22(21)27-19-8-11-23-15-19/h4-7,9-10,13,16,19,23-24,26H,3,8,11-12,14-15H2,1-2H3/b10-4-,18-5+,25-20-. The molecule has 0 spiro atoms. The lowest BCUT2D eigenvalue weighted by Gasteiger charge is -2.23. The molecule has 5 nitrogen and oxygen atoms in total. The molecule has 144 valence electrons. The molecule has 3 N–H and O–H groups in total. The van der Waals surface area contributed by atoms with Crippen molar-refractivity contribution in [3.05, 3.63) is 71.5 Å². The molecular formula is C22H30N4O. The monoisotopic (exact) mass is 366 g/mol. The summed E-state index contributed by atoms with van der Waals surface area (Å²) in [6.07, 6.45) is 18.9. The first-order valence-electron chi connectivity index (χ1n) is 9.83. The molecule has 1 atom stereocenters. The Labute approximate surface area is 162 Å². The van der Waals surface area contributed by atoms with E-state index in [-0.39, 0.29) is 6.10 Å². The molecule has 5 heteroatoms. The van der Waals surface area contributed by atoms with E-state index in [9.17, 15) is 0 Å². The third kappa shape index (κ3) is 5.47. The fourth-order valence-corrected chi connectivity index (χ4v) is 3.21. The van der Waals surface area contributed by atoms with E-state index in [1.165, 1.54) is 11.1 Å². The van der Waals surface area contributed by atoms with E-state index >= 15 is 0 Å². The minimum Gasteiger partial charge on any atom is -0.487 e. The molecular weight excluding hydrogens is 336 g/mol. The van der Waals surface area contributed by atoms with Crippen molar-refractivity contribution in [3.8, 4) is 0 Å². The van der Waals surface area contributed by atoms with Gasteiger partial charge < -0.3 is 20.7 Å². The second kappa shape index (κ2) is 9.97. The molecule has 0 aromatic carbocycles. The van der Waals surface area contributed by atoms with Crippen LogP contribution < -0.4 is 16.0 Å². The van der Waals surface area contributed by atoms with Gasteiger partial charge in [-0.1, -0.05) is 31.2 Å². The van der Waals surface area contributed by atoms with E-state index in [0.717, 1.165) is 56.2 Å². The van der Waals surface area contributed by atoms with Crippen LogP contribution in [0, 0.1) is 0 Å². The van der Waals surface area contributed by atoms with Gasteiger partial charge in [-0.3, -0.25) is 4.99 Å². The molecule has 1 aliphatic carbocycles. The Balaban J connectivity index is 1.64. The fourth-order valence-electron chi connectivity index (χ4n) is 3.21. The van der Waals surface area contributed by atoms with Crippen molar-refractivity contribution >= 4 is 5.71 Å². The van der Waals surface area contributed by atoms with Gasteiger partial charge in [0.15, 0.2) is 0 Å². The molecule has 0 bridgehead atoms. The highest BCUT2D eigenvalue weighted by Gasteiger charge is 2.20. The zero-order valence-electron chi connectivity index (χ0n) is 16.3. The smallest absolute Gasteiger partial charge is 0.142 e. The van der Waals surface area contributed by atoms with Crippen LogP contribution >= 0.6 is 0 Å². The van der Waals surface area contributed by atoms with Crippen molar-refractivity contribution < 1.29 is 4.74 Å². The number of hydrogen-bond acceptors (Lipinski definition) is 5. The summed E-state index contributed by atoms with van der Waals surface area (Å²) in [6.45, 7) is 7.60. The van der Waals surface area contributed by atoms with Gasteiger partial charge in [-0.2, -0.15) is 0 Å². The van der Waals surface area contributed by atoms with Gasteiger partial charge in [-0.25, -0.2) is 0 Å². The minimum absolute atomic E-state index is 0.259. The topological polar surface area (TPSA) is 57.7 Å². The fraction of sp³-hybridized carbons (Fsp3) is 0.409. The highest BCUT2D eigenvalue weighted by molar-refractivity contribution is 6.12. The summed E-state index contributed by atoms with van der Waals surface area (Å²) in [5.41, 5.74) is 4.38. The van der Waals surface area contributed by atoms with Crippen LogP contribution in [-0.2, 0) is 4.74 Å². The van der Waals surface area contributed by atoms with Gasteiger partial charge in [0.25, 0.3) is 0 Å². The molecule has 0 aromatic rings. The highest BCUT2D eigenvalue weighted by Crippen LogP contribution is 2.19. The van der Waals surface area contributed by atoms with Crippen molar-refractivity contribution in [1.29, 1.82) is 0 Å². The van der Waals surface area contributed by atoms with E-state index < -0.39 is 0 Å². The van der Waals surface area contributed by atoms with Gasteiger partial charge in [0.05, 0.1) is 11.4 Å². The van der Waals surface area contributed by atoms with E-state index in [2.05, 4.69) is 58.2 Å². The lowest BCUT2D eigenvalue weighted by molar-refractivity contribution is 0.135. The molecule has 1 saturated heterocycles. The van der Waals surface area contributed by atoms with Crippen molar-refractivity contribution in [1.82, 2.24) is 16.0 Å². The third-order valence-corrected chi connectivity index (χ3v) is 4.59. The molecule has 2 aliphatic heterocycles. The maximum absolute atomic E-state index is 6.18. The number of aliphatic imine (C=N–C) groups is 1. The SMILES string of the molecule is C\C=C/N=C1/C=C(CNC2=CNCC=C2OC2CCNC2)C=C/C1=C\CC. The van der Waals surface area contributed by atoms with E-state index in [1.807, 2.05) is 25.4 Å². The van der Waals surface area contributed by atoms with Crippen molar-refractivity contribution in [3.63, 3.8) is 0 Å². The predicted octanol–water partition coefficient (Wildman–Crippen LogP) is 3.09. The van der Waals surface area contributed by atoms with Crippen LogP contribution in [0.25, 0.3) is 0 Å². The number of ether oxygens (including phenoxy) is 1. The van der Waals surface area contributed by atoms with E-state index in [0.29, 0.717) is 0 Å². The maximum atomic E-state index is 6.18. The van der Waals surface area contributed by atoms with Crippen molar-refractivity contribution in [2.24, 2.45) is 4.99 Å². The van der Waals surface area contributed by atoms with Gasteiger partial charge in [0, 0.05) is 32.0 Å². The number of nitrogens with one attached hydrogen (secondary N) is 3. The summed E-state index contributed by atoms with van der Waals surface area (Å²) < 4.78 is 6.18. The van der Waals surface area contributed by atoms with Crippen LogP contribution in [0.2, 0.25) is 0 Å². The first kappa shape index (κ1) is 19.2. The number of allylic oxidation sites excluding steroid dienone is 5. The van der Waals surface area contributed by atoms with Gasteiger partial charge >= 0.3 is 0 Å². The molecule has 3 aliphatic rings. The van der Waals surface area contributed by atoms with Crippen LogP contribution in [0.15, 0.2) is 76.5 Å². The van der Waals surface area contributed by atoms with Crippen LogP contribution in [0.3, 0.4) is 0 Å². The number of dihydropyridines is 1. The molecule has 1 unspecified atom stereocenters. The molecule has 0 saturated carbocycles. The number of hydrogen-bond donors (Lipinski definition) is 3. The molecule has 0 radical (unpaired) electrons. The minimum atomic E-state index is 0.259. The average Bonchev–Trinajstić information content (AvgIpc) is 3.20. The second-order valence-electron chi connectivity index (χ2n) is 6.74. The Morgan fingerprint density at radius 3 is 3.07 bits per heavy atom.